The third kappa shape index (κ3) is 6.81. The zero-order valence-electron chi connectivity index (χ0n) is 33.1. The topological polar surface area (TPSA) is 370 Å². The summed E-state index contributed by atoms with van der Waals surface area (Å²) < 4.78 is 3.35. The Morgan fingerprint density at radius 3 is 1.47 bits per heavy atom. The zero-order valence-corrected chi connectivity index (χ0v) is 33.1. The molecule has 0 radical (unpaired) electrons. The average Bonchev–Trinajstić information content (AvgIpc) is 4.12. The molecule has 328 valence electrons. The van der Waals surface area contributed by atoms with Gasteiger partial charge in [0.05, 0.1) is 50.3 Å². The molecule has 4 fully saturated rings. The molecule has 27 nitrogen and oxygen atoms in total. The maximum absolute atomic E-state index is 13.3. The molecule has 10 rings (SSSR count). The number of anilines is 4. The van der Waals surface area contributed by atoms with E-state index in [2.05, 4.69) is 51.0 Å². The van der Waals surface area contributed by atoms with Crippen LogP contribution in [-0.2, 0) is 13.2 Å². The standard InChI is InChI=1S/C35H46N20O7/c36-29-23-31(52(13-38-23)19-5-21(27(60)25(19)58)54-40-7-17(11-56)48-54)46-33(44-29)50-3-1-15(9-50)42-35(62)43-16-2-4-51(10-16)34-45-30(37)24-32(47-34)53(14-39-24)20-6-22(28(61)26(20)59)55-41-8-18(12-57)49-55/h7-8,13-16,19-22,25-28,56-61H,1-6,9-12H2,(H2,36,44,46)(H2,37,45,47)(H2,42,43,62)/t15-,16?,19+,20?,21+,22?,25+,26?,27?,28?/m0/s1. The molecule has 27 heteroatoms. The van der Waals surface area contributed by atoms with Crippen LogP contribution >= 0.6 is 0 Å². The molecule has 2 saturated heterocycles. The second-order valence-electron chi connectivity index (χ2n) is 16.3. The Morgan fingerprint density at radius 2 is 1.06 bits per heavy atom. The van der Waals surface area contributed by atoms with Gasteiger partial charge in [0, 0.05) is 38.3 Å². The number of hydrogen-bond donors (Lipinski definition) is 10. The van der Waals surface area contributed by atoms with Gasteiger partial charge in [-0.1, -0.05) is 0 Å². The van der Waals surface area contributed by atoms with E-state index < -0.39 is 48.6 Å². The number of aliphatic hydroxyl groups excluding tert-OH is 6. The van der Waals surface area contributed by atoms with E-state index in [1.54, 1.807) is 9.13 Å². The van der Waals surface area contributed by atoms with Crippen LogP contribution in [0.5, 0.6) is 0 Å². The summed E-state index contributed by atoms with van der Waals surface area (Å²) in [5, 5.41) is 85.7. The molecule has 0 aromatic carbocycles. The fourth-order valence-electron chi connectivity index (χ4n) is 9.22. The monoisotopic (exact) mass is 858 g/mol. The third-order valence-electron chi connectivity index (χ3n) is 12.5. The molecule has 2 aliphatic heterocycles. The van der Waals surface area contributed by atoms with Crippen molar-refractivity contribution in [1.82, 2.24) is 79.7 Å². The molecule has 12 N–H and O–H groups in total. The van der Waals surface area contributed by atoms with E-state index >= 15 is 0 Å². The summed E-state index contributed by atoms with van der Waals surface area (Å²) in [7, 11) is 0. The number of imidazole rings is 2. The SMILES string of the molecule is Nc1nc(N2CCC(NC(=O)N[C@H]3CCN(c4nc(N)c5ncn([C@@H]6C[C@@H](n7ncc(CO)n7)C(O)[C@@H]6O)c5n4)C3)C2)nc2c1ncn2C1CC(n2ncc(CO)n2)C(O)C1O. The van der Waals surface area contributed by atoms with Crippen molar-refractivity contribution in [2.45, 2.75) is 99.6 Å². The van der Waals surface area contributed by atoms with E-state index in [1.807, 2.05) is 9.80 Å². The van der Waals surface area contributed by atoms with Gasteiger partial charge in [-0.2, -0.15) is 49.9 Å². The molecule has 2 saturated carbocycles. The normalized spacial score (nSPS) is 28.9. The minimum Gasteiger partial charge on any atom is -0.390 e. The van der Waals surface area contributed by atoms with Gasteiger partial charge in [0.1, 0.15) is 58.9 Å². The van der Waals surface area contributed by atoms with Crippen LogP contribution in [0.2, 0.25) is 0 Å². The molecule has 4 aliphatic rings. The van der Waals surface area contributed by atoms with E-state index in [1.165, 1.54) is 34.6 Å². The lowest BCUT2D eigenvalue weighted by atomic mass is 10.2. The summed E-state index contributed by atoms with van der Waals surface area (Å²) in [6.45, 7) is 1.28. The third-order valence-corrected chi connectivity index (χ3v) is 12.5. The Labute approximate surface area is 350 Å². The van der Waals surface area contributed by atoms with Crippen molar-refractivity contribution in [3.63, 3.8) is 0 Å². The molecule has 8 heterocycles. The maximum atomic E-state index is 13.3. The van der Waals surface area contributed by atoms with Crippen molar-refractivity contribution in [2.24, 2.45) is 0 Å². The summed E-state index contributed by atoms with van der Waals surface area (Å²) in [5.41, 5.74) is 14.9. The lowest BCUT2D eigenvalue weighted by Gasteiger charge is -2.21. The van der Waals surface area contributed by atoms with Gasteiger partial charge in [-0.25, -0.2) is 14.8 Å². The van der Waals surface area contributed by atoms with E-state index in [0.717, 1.165) is 0 Å². The molecule has 2 aliphatic carbocycles. The lowest BCUT2D eigenvalue weighted by Crippen LogP contribution is -2.48. The Kier molecular flexibility index (Phi) is 9.94. The predicted octanol–water partition coefficient (Wildman–Crippen LogP) is -3.73. The molecule has 6 aromatic rings. The first-order valence-corrected chi connectivity index (χ1v) is 20.3. The molecular formula is C35H46N20O7. The second kappa shape index (κ2) is 15.5. The number of hydrogen-bond acceptors (Lipinski definition) is 21. The maximum Gasteiger partial charge on any atom is 0.315 e. The minimum atomic E-state index is -1.19. The van der Waals surface area contributed by atoms with Crippen LogP contribution in [0.3, 0.4) is 0 Å². The summed E-state index contributed by atoms with van der Waals surface area (Å²) in [5.74, 6) is 0.963. The molecule has 62 heavy (non-hydrogen) atoms. The number of amides is 2. The van der Waals surface area contributed by atoms with E-state index in [0.29, 0.717) is 84.6 Å². The van der Waals surface area contributed by atoms with Crippen LogP contribution in [0.25, 0.3) is 22.3 Å². The van der Waals surface area contributed by atoms with Crippen molar-refractivity contribution in [3.8, 4) is 0 Å². The highest BCUT2D eigenvalue weighted by molar-refractivity contribution is 5.84. The van der Waals surface area contributed by atoms with Gasteiger partial charge in [0.15, 0.2) is 22.9 Å². The lowest BCUT2D eigenvalue weighted by molar-refractivity contribution is 0.00491. The molecule has 2 amide bonds. The summed E-state index contributed by atoms with van der Waals surface area (Å²) in [6, 6.07) is -3.37. The van der Waals surface area contributed by atoms with Gasteiger partial charge >= 0.3 is 6.03 Å². The highest BCUT2D eigenvalue weighted by Gasteiger charge is 2.47. The van der Waals surface area contributed by atoms with Crippen molar-refractivity contribution in [1.29, 1.82) is 0 Å². The average molecular weight is 859 g/mol. The highest BCUT2D eigenvalue weighted by Crippen LogP contribution is 2.41. The Balaban J connectivity index is 0.771. The number of rotatable bonds is 10. The number of nitrogens with two attached hydrogens (primary N) is 2. The molecule has 0 spiro atoms. The molecule has 10 atom stereocenters. The number of urea groups is 1. The highest BCUT2D eigenvalue weighted by atomic mass is 16.3. The number of aliphatic hydroxyl groups is 6. The number of nitrogens with one attached hydrogen (secondary N) is 2. The van der Waals surface area contributed by atoms with Gasteiger partial charge in [0.25, 0.3) is 0 Å². The number of carbonyl (C=O) groups is 1. The fraction of sp³-hybridized carbons (Fsp3) is 0.571. The number of fused-ring (bicyclic) bond motifs is 2. The molecule has 6 aromatic heterocycles. The first kappa shape index (κ1) is 39.7. The number of nitrogens with zero attached hydrogens (tertiary/aromatic N) is 16. The van der Waals surface area contributed by atoms with Crippen molar-refractivity contribution in [3.05, 3.63) is 36.4 Å². The van der Waals surface area contributed by atoms with E-state index in [9.17, 15) is 35.4 Å². The van der Waals surface area contributed by atoms with E-state index in [-0.39, 0.29) is 55.8 Å². The first-order chi connectivity index (χ1) is 30.0. The molecular weight excluding hydrogens is 813 g/mol. The van der Waals surface area contributed by atoms with Gasteiger partial charge in [-0.05, 0) is 25.7 Å². The Bertz CT molecular complexity index is 2440. The van der Waals surface area contributed by atoms with Crippen LogP contribution in [0, 0.1) is 0 Å². The van der Waals surface area contributed by atoms with Crippen LogP contribution in [0.1, 0.15) is 61.2 Å². The summed E-state index contributed by atoms with van der Waals surface area (Å²) in [4.78, 5) is 47.1. The van der Waals surface area contributed by atoms with Gasteiger partial charge in [-0.3, -0.25) is 0 Å². The number of carbonyl (C=O) groups excluding carboxylic acids is 1. The van der Waals surface area contributed by atoms with Crippen molar-refractivity contribution < 1.29 is 35.4 Å². The summed E-state index contributed by atoms with van der Waals surface area (Å²) in [6.07, 6.45) is 2.81. The number of nitrogen functional groups attached to an aromatic ring is 2. The second-order valence-corrected chi connectivity index (χ2v) is 16.3. The fourth-order valence-corrected chi connectivity index (χ4v) is 9.22. The van der Waals surface area contributed by atoms with Crippen LogP contribution < -0.4 is 31.9 Å². The molecule has 0 bridgehead atoms. The Morgan fingerprint density at radius 1 is 0.645 bits per heavy atom. The quantitative estimate of drug-likeness (QED) is 0.0633. The van der Waals surface area contributed by atoms with Crippen molar-refractivity contribution in [2.75, 3.05) is 47.4 Å². The van der Waals surface area contributed by atoms with Crippen LogP contribution in [0.15, 0.2) is 25.0 Å². The zero-order chi connectivity index (χ0) is 43.0. The van der Waals surface area contributed by atoms with Gasteiger partial charge in [0.2, 0.25) is 11.9 Å². The van der Waals surface area contributed by atoms with Gasteiger partial charge < -0.3 is 71.7 Å². The summed E-state index contributed by atoms with van der Waals surface area (Å²) >= 11 is 0. The van der Waals surface area contributed by atoms with Gasteiger partial charge in [-0.15, -0.1) is 0 Å². The first-order valence-electron chi connectivity index (χ1n) is 20.3. The minimum absolute atomic E-state index is 0.147. The van der Waals surface area contributed by atoms with Crippen molar-refractivity contribution >= 4 is 51.9 Å². The largest absolute Gasteiger partial charge is 0.390 e. The van der Waals surface area contributed by atoms with Crippen LogP contribution in [0.4, 0.5) is 28.3 Å². The smallest absolute Gasteiger partial charge is 0.315 e. The van der Waals surface area contributed by atoms with E-state index in [4.69, 9.17) is 21.4 Å². The van der Waals surface area contributed by atoms with Crippen LogP contribution in [-0.4, -0.2) is 168 Å². The Hall–Kier alpha value is -6.39. The number of aromatic nitrogens is 14. The predicted molar refractivity (Wildman–Crippen MR) is 214 cm³/mol. The molecule has 6 unspecified atom stereocenters.